The lowest BCUT2D eigenvalue weighted by Crippen LogP contribution is -2.60. The maximum absolute atomic E-state index is 13.1. The molecule has 1 aliphatic rings. The maximum atomic E-state index is 13.1. The van der Waals surface area contributed by atoms with Crippen LogP contribution in [0.15, 0.2) is 97.2 Å². The molecule has 7 atom stereocenters. The second kappa shape index (κ2) is 62.2. The molecular formula is C74H131NO8. The number of unbranched alkanes of at least 4 members (excludes halogenated alkanes) is 36. The number of carbonyl (C=O) groups is 1. The van der Waals surface area contributed by atoms with Crippen LogP contribution in [0.4, 0.5) is 0 Å². The first-order valence-corrected chi connectivity index (χ1v) is 35.0. The van der Waals surface area contributed by atoms with Gasteiger partial charge in [-0.3, -0.25) is 4.79 Å². The van der Waals surface area contributed by atoms with Crippen LogP contribution in [-0.2, 0) is 14.3 Å². The summed E-state index contributed by atoms with van der Waals surface area (Å²) >= 11 is 0. The van der Waals surface area contributed by atoms with E-state index >= 15 is 0 Å². The molecular weight excluding hydrogens is 1030 g/mol. The third-order valence-corrected chi connectivity index (χ3v) is 16.2. The summed E-state index contributed by atoms with van der Waals surface area (Å²) in [5.41, 5.74) is 0. The number of ether oxygens (including phenoxy) is 2. The second-order valence-electron chi connectivity index (χ2n) is 23.9. The molecule has 0 spiro atoms. The molecule has 83 heavy (non-hydrogen) atoms. The van der Waals surface area contributed by atoms with Gasteiger partial charge in [-0.15, -0.1) is 0 Å². The number of rotatable bonds is 60. The molecule has 0 bridgehead atoms. The van der Waals surface area contributed by atoms with E-state index in [1.165, 1.54) is 205 Å². The average Bonchev–Trinajstić information content (AvgIpc) is 3.60. The molecule has 0 aromatic rings. The highest BCUT2D eigenvalue weighted by molar-refractivity contribution is 5.76. The van der Waals surface area contributed by atoms with Gasteiger partial charge in [0.15, 0.2) is 6.29 Å². The van der Waals surface area contributed by atoms with Crippen molar-refractivity contribution < 1.29 is 39.8 Å². The van der Waals surface area contributed by atoms with Crippen molar-refractivity contribution in [3.63, 3.8) is 0 Å². The van der Waals surface area contributed by atoms with Crippen molar-refractivity contribution in [2.75, 3.05) is 13.2 Å². The van der Waals surface area contributed by atoms with Crippen LogP contribution in [0.5, 0.6) is 0 Å². The lowest BCUT2D eigenvalue weighted by Gasteiger charge is -2.40. The molecule has 7 unspecified atom stereocenters. The average molecular weight is 1160 g/mol. The first-order chi connectivity index (χ1) is 40.8. The van der Waals surface area contributed by atoms with Gasteiger partial charge in [-0.25, -0.2) is 0 Å². The van der Waals surface area contributed by atoms with E-state index < -0.39 is 49.5 Å². The summed E-state index contributed by atoms with van der Waals surface area (Å²) < 4.78 is 11.3. The summed E-state index contributed by atoms with van der Waals surface area (Å²) in [5.74, 6) is -0.175. The van der Waals surface area contributed by atoms with Gasteiger partial charge in [-0.1, -0.05) is 323 Å². The van der Waals surface area contributed by atoms with Gasteiger partial charge in [-0.2, -0.15) is 0 Å². The fraction of sp³-hybridized carbons (Fsp3) is 0.770. The fourth-order valence-corrected chi connectivity index (χ4v) is 10.7. The summed E-state index contributed by atoms with van der Waals surface area (Å²) in [6.45, 7) is 3.69. The fourth-order valence-electron chi connectivity index (χ4n) is 10.7. The third-order valence-electron chi connectivity index (χ3n) is 16.2. The normalized spacial score (nSPS) is 18.9. The number of carbonyl (C=O) groups excluding carboxylic acids is 1. The largest absolute Gasteiger partial charge is 0.394 e. The molecule has 480 valence electrons. The molecule has 9 heteroatoms. The Morgan fingerprint density at radius 2 is 0.747 bits per heavy atom. The summed E-state index contributed by atoms with van der Waals surface area (Å²) in [4.78, 5) is 13.1. The van der Waals surface area contributed by atoms with E-state index in [1.54, 1.807) is 6.08 Å². The van der Waals surface area contributed by atoms with E-state index in [0.29, 0.717) is 6.42 Å². The molecule has 1 amide bonds. The van der Waals surface area contributed by atoms with Crippen LogP contribution in [0.3, 0.4) is 0 Å². The quantitative estimate of drug-likeness (QED) is 0.0261. The smallest absolute Gasteiger partial charge is 0.220 e. The van der Waals surface area contributed by atoms with Crippen LogP contribution in [-0.4, -0.2) is 87.5 Å². The number of allylic oxidation sites excluding steroid dienone is 15. The van der Waals surface area contributed by atoms with Crippen molar-refractivity contribution in [1.82, 2.24) is 5.32 Å². The molecule has 1 saturated heterocycles. The van der Waals surface area contributed by atoms with Crippen LogP contribution < -0.4 is 5.32 Å². The van der Waals surface area contributed by atoms with Crippen molar-refractivity contribution in [3.8, 4) is 0 Å². The van der Waals surface area contributed by atoms with Gasteiger partial charge in [0.25, 0.3) is 0 Å². The Kier molecular flexibility index (Phi) is 58.5. The van der Waals surface area contributed by atoms with Gasteiger partial charge >= 0.3 is 0 Å². The topological polar surface area (TPSA) is 149 Å². The Bertz CT molecular complexity index is 1630. The van der Waals surface area contributed by atoms with Crippen LogP contribution in [0, 0.1) is 0 Å². The molecule has 1 heterocycles. The third kappa shape index (κ3) is 50.9. The molecule has 0 radical (unpaired) electrons. The minimum atomic E-state index is -1.57. The summed E-state index contributed by atoms with van der Waals surface area (Å²) in [7, 11) is 0. The highest BCUT2D eigenvalue weighted by Gasteiger charge is 2.44. The second-order valence-corrected chi connectivity index (χ2v) is 23.9. The predicted molar refractivity (Wildman–Crippen MR) is 355 cm³/mol. The van der Waals surface area contributed by atoms with E-state index in [0.717, 1.165) is 83.5 Å². The molecule has 0 saturated carbocycles. The number of nitrogens with one attached hydrogen (secondary N) is 1. The molecule has 0 aromatic carbocycles. The number of amides is 1. The maximum Gasteiger partial charge on any atom is 0.220 e. The van der Waals surface area contributed by atoms with Crippen LogP contribution in [0.25, 0.3) is 0 Å². The van der Waals surface area contributed by atoms with E-state index in [2.05, 4.69) is 104 Å². The van der Waals surface area contributed by atoms with Crippen molar-refractivity contribution in [1.29, 1.82) is 0 Å². The van der Waals surface area contributed by atoms with Gasteiger partial charge in [0, 0.05) is 6.42 Å². The van der Waals surface area contributed by atoms with Crippen molar-refractivity contribution >= 4 is 5.91 Å². The van der Waals surface area contributed by atoms with Gasteiger partial charge in [0.2, 0.25) is 5.91 Å². The lowest BCUT2D eigenvalue weighted by atomic mass is 9.99. The van der Waals surface area contributed by atoms with E-state index in [4.69, 9.17) is 9.47 Å². The molecule has 0 aliphatic carbocycles. The first-order valence-electron chi connectivity index (χ1n) is 35.0. The van der Waals surface area contributed by atoms with Crippen LogP contribution >= 0.6 is 0 Å². The van der Waals surface area contributed by atoms with Crippen molar-refractivity contribution in [3.05, 3.63) is 97.2 Å². The summed E-state index contributed by atoms with van der Waals surface area (Å²) in [6.07, 6.45) is 83.6. The standard InChI is InChI=1S/C74H131NO8/c1-3-5-7-9-11-13-15-17-19-21-23-25-26-27-28-29-30-31-32-33-34-35-36-37-38-39-40-41-42-44-46-48-50-52-54-56-58-60-62-64-70(78)75-67(66-82-74-73(81)72(80)71(79)69(65-76)83-74)68(77)63-61-59-57-55-53-51-49-47-45-43-24-22-20-18-16-14-12-10-8-6-4-2/h5,7,11,13,17,19,23,25,27-28,30-31,33-34,61,63,67-69,71-74,76-77,79-81H,3-4,6,8-10,12,14-16,18,20-22,24,26,29,32,35-60,62,64-66H2,1-2H3,(H,75,78)/b7-5-,13-11-,19-17-,25-23-,28-27-,31-30-,34-33-,63-61+. The first kappa shape index (κ1) is 78.1. The monoisotopic (exact) mass is 1160 g/mol. The van der Waals surface area contributed by atoms with Gasteiger partial charge in [0.05, 0.1) is 25.4 Å². The van der Waals surface area contributed by atoms with Gasteiger partial charge < -0.3 is 40.3 Å². The summed E-state index contributed by atoms with van der Waals surface area (Å²) in [5, 5.41) is 54.7. The number of aliphatic hydroxyl groups is 5. The SMILES string of the molecule is CC/C=C\C/C=C\C/C=C\C/C=C\C/C=C\C/C=C\C/C=C\CCCCCCCCCCCCCCCCCCCC(=O)NC(COC1OC(CO)C(O)C(O)C1O)C(O)/C=C/CCCCCCCCCCCCCCCCCCCCC. The lowest BCUT2D eigenvalue weighted by molar-refractivity contribution is -0.302. The number of hydrogen-bond donors (Lipinski definition) is 6. The number of aliphatic hydroxyl groups excluding tert-OH is 5. The molecule has 6 N–H and O–H groups in total. The van der Waals surface area contributed by atoms with Gasteiger partial charge in [0.1, 0.15) is 24.4 Å². The Hall–Kier alpha value is -2.89. The predicted octanol–water partition coefficient (Wildman–Crippen LogP) is 19.1. The Morgan fingerprint density at radius 1 is 0.422 bits per heavy atom. The Balaban J connectivity index is 2.10. The molecule has 1 aliphatic heterocycles. The molecule has 9 nitrogen and oxygen atoms in total. The molecule has 1 rings (SSSR count). The van der Waals surface area contributed by atoms with Crippen LogP contribution in [0.2, 0.25) is 0 Å². The van der Waals surface area contributed by atoms with E-state index in [1.807, 2.05) is 6.08 Å². The van der Waals surface area contributed by atoms with E-state index in [9.17, 15) is 30.3 Å². The zero-order valence-corrected chi connectivity index (χ0v) is 53.7. The van der Waals surface area contributed by atoms with Crippen molar-refractivity contribution in [2.45, 2.75) is 352 Å². The zero-order valence-electron chi connectivity index (χ0n) is 53.7. The minimum absolute atomic E-state index is 0.175. The van der Waals surface area contributed by atoms with Gasteiger partial charge in [-0.05, 0) is 77.0 Å². The minimum Gasteiger partial charge on any atom is -0.394 e. The zero-order chi connectivity index (χ0) is 60.0. The highest BCUT2D eigenvalue weighted by atomic mass is 16.7. The Morgan fingerprint density at radius 3 is 1.11 bits per heavy atom. The Labute approximate surface area is 511 Å². The van der Waals surface area contributed by atoms with Crippen LogP contribution in [0.1, 0.15) is 309 Å². The summed E-state index contributed by atoms with van der Waals surface area (Å²) in [6, 6.07) is -0.809. The molecule has 1 fully saturated rings. The van der Waals surface area contributed by atoms with E-state index in [-0.39, 0.29) is 12.5 Å². The number of hydrogen-bond acceptors (Lipinski definition) is 8. The highest BCUT2D eigenvalue weighted by Crippen LogP contribution is 2.23. The van der Waals surface area contributed by atoms with Crippen molar-refractivity contribution in [2.24, 2.45) is 0 Å². The molecule has 0 aromatic heterocycles.